The van der Waals surface area contributed by atoms with Gasteiger partial charge in [-0.15, -0.1) is 0 Å². The second-order valence-electron chi connectivity index (χ2n) is 3.37. The van der Waals surface area contributed by atoms with E-state index >= 15 is 0 Å². The molecule has 0 saturated carbocycles. The van der Waals surface area contributed by atoms with Crippen molar-refractivity contribution in [2.24, 2.45) is 0 Å². The smallest absolute Gasteiger partial charge is 0.334 e. The van der Waals surface area contributed by atoms with Gasteiger partial charge >= 0.3 is 5.69 Å². The predicted molar refractivity (Wildman–Crippen MR) is 69.7 cm³/mol. The van der Waals surface area contributed by atoms with Crippen molar-refractivity contribution in [3.05, 3.63) is 33.5 Å². The minimum Gasteiger partial charge on any atom is -0.476 e. The van der Waals surface area contributed by atoms with Gasteiger partial charge in [0.2, 0.25) is 0 Å². The highest BCUT2D eigenvalue weighted by Crippen LogP contribution is 2.30. The minimum absolute atomic E-state index is 0.0406. The van der Waals surface area contributed by atoms with E-state index in [1.807, 2.05) is 12.2 Å². The molecule has 1 heterocycles. The van der Waals surface area contributed by atoms with Gasteiger partial charge in [0.05, 0.1) is 12.0 Å². The molecule has 1 aromatic rings. The van der Waals surface area contributed by atoms with Gasteiger partial charge in [-0.05, 0) is 19.1 Å². The third-order valence-corrected chi connectivity index (χ3v) is 2.54. The largest absolute Gasteiger partial charge is 0.476 e. The van der Waals surface area contributed by atoms with Crippen molar-refractivity contribution in [3.8, 4) is 5.88 Å². The lowest BCUT2D eigenvalue weighted by Crippen LogP contribution is -2.00. The van der Waals surface area contributed by atoms with Crippen LogP contribution >= 0.6 is 12.6 Å². The summed E-state index contributed by atoms with van der Waals surface area (Å²) >= 11 is 4.08. The number of allylic oxidation sites excluding steroid dienone is 1. The van der Waals surface area contributed by atoms with Crippen LogP contribution in [-0.4, -0.2) is 22.8 Å². The Morgan fingerprint density at radius 1 is 1.65 bits per heavy atom. The van der Waals surface area contributed by atoms with E-state index in [9.17, 15) is 10.1 Å². The molecule has 5 nitrogen and oxygen atoms in total. The van der Waals surface area contributed by atoms with Crippen molar-refractivity contribution in [1.29, 1.82) is 0 Å². The van der Waals surface area contributed by atoms with Crippen LogP contribution < -0.4 is 4.74 Å². The van der Waals surface area contributed by atoms with Gasteiger partial charge in [-0.1, -0.05) is 12.2 Å². The molecule has 0 radical (unpaired) electrons. The number of hydrogen-bond donors (Lipinski definition) is 1. The van der Waals surface area contributed by atoms with Gasteiger partial charge in [0.15, 0.2) is 0 Å². The van der Waals surface area contributed by atoms with Gasteiger partial charge in [-0.3, -0.25) is 10.1 Å². The van der Waals surface area contributed by atoms with Crippen LogP contribution in [0, 0.1) is 17.0 Å². The van der Waals surface area contributed by atoms with Crippen LogP contribution in [0.3, 0.4) is 0 Å². The van der Waals surface area contributed by atoms with Gasteiger partial charge in [-0.2, -0.15) is 12.6 Å². The first-order valence-corrected chi connectivity index (χ1v) is 5.70. The van der Waals surface area contributed by atoms with Gasteiger partial charge in [-0.25, -0.2) is 4.98 Å². The Hall–Kier alpha value is -1.56. The van der Waals surface area contributed by atoms with E-state index in [1.54, 1.807) is 13.1 Å². The fraction of sp³-hybridized carbons (Fsp3) is 0.364. The maximum Gasteiger partial charge on any atom is 0.334 e. The molecule has 17 heavy (non-hydrogen) atoms. The molecule has 0 spiro atoms. The lowest BCUT2D eigenvalue weighted by Gasteiger charge is -2.05. The number of rotatable bonds is 5. The summed E-state index contributed by atoms with van der Waals surface area (Å²) in [5.74, 6) is 0.778. The molecular formula is C11H14N2O3S. The Bertz CT molecular complexity index is 447. The number of aromatic nitrogens is 1. The Kier molecular flexibility index (Phi) is 4.96. The molecule has 0 aliphatic rings. The molecule has 92 valence electrons. The van der Waals surface area contributed by atoms with E-state index in [-0.39, 0.29) is 11.6 Å². The maximum absolute atomic E-state index is 10.9. The zero-order chi connectivity index (χ0) is 12.8. The number of ether oxygens (including phenoxy) is 1. The number of nitrogens with zero attached hydrogens (tertiary/aromatic N) is 2. The molecule has 0 aliphatic carbocycles. The molecular weight excluding hydrogens is 240 g/mol. The summed E-state index contributed by atoms with van der Waals surface area (Å²) in [6.45, 7) is 1.68. The van der Waals surface area contributed by atoms with E-state index in [1.165, 1.54) is 7.11 Å². The van der Waals surface area contributed by atoms with Gasteiger partial charge in [0.25, 0.3) is 5.88 Å². The van der Waals surface area contributed by atoms with E-state index in [0.29, 0.717) is 5.56 Å². The summed E-state index contributed by atoms with van der Waals surface area (Å²) in [5.41, 5.74) is 1.19. The molecule has 6 heteroatoms. The van der Waals surface area contributed by atoms with Crippen LogP contribution in [0.5, 0.6) is 5.88 Å². The van der Waals surface area contributed by atoms with Crippen LogP contribution in [0.15, 0.2) is 12.3 Å². The first-order valence-electron chi connectivity index (χ1n) is 5.07. The summed E-state index contributed by atoms with van der Waals surface area (Å²) in [4.78, 5) is 14.4. The SMILES string of the molecule is COc1ncc(C=CCCS)c(C)c1[N+](=O)[O-]. The standard InChI is InChI=1S/C11H14N2O3S/c1-8-9(5-3-4-6-17)7-12-11(16-2)10(8)13(14)15/h3,5,7,17H,4,6H2,1-2H3. The second-order valence-corrected chi connectivity index (χ2v) is 3.82. The average Bonchev–Trinajstić information content (AvgIpc) is 2.30. The molecule has 0 aliphatic heterocycles. The van der Waals surface area contributed by atoms with Crippen LogP contribution in [0.1, 0.15) is 17.5 Å². The predicted octanol–water partition coefficient (Wildman–Crippen LogP) is 2.64. The molecule has 1 rings (SSSR count). The molecule has 1 aromatic heterocycles. The highest BCUT2D eigenvalue weighted by Gasteiger charge is 2.21. The Labute approximate surface area is 105 Å². The number of thiol groups is 1. The molecule has 0 fully saturated rings. The molecule has 0 N–H and O–H groups in total. The van der Waals surface area contributed by atoms with Crippen molar-refractivity contribution >= 4 is 24.4 Å². The fourth-order valence-corrected chi connectivity index (χ4v) is 1.55. The van der Waals surface area contributed by atoms with Crippen molar-refractivity contribution in [3.63, 3.8) is 0 Å². The zero-order valence-electron chi connectivity index (χ0n) is 9.71. The fourth-order valence-electron chi connectivity index (χ4n) is 1.40. The molecule has 0 amide bonds. The van der Waals surface area contributed by atoms with E-state index < -0.39 is 4.92 Å². The first-order chi connectivity index (χ1) is 8.11. The Morgan fingerprint density at radius 2 is 2.35 bits per heavy atom. The first kappa shape index (κ1) is 13.5. The van der Waals surface area contributed by atoms with E-state index in [2.05, 4.69) is 17.6 Å². The monoisotopic (exact) mass is 254 g/mol. The van der Waals surface area contributed by atoms with Gasteiger partial charge in [0.1, 0.15) is 0 Å². The highest BCUT2D eigenvalue weighted by molar-refractivity contribution is 7.80. The van der Waals surface area contributed by atoms with Crippen LogP contribution in [-0.2, 0) is 0 Å². The Balaban J connectivity index is 3.18. The summed E-state index contributed by atoms with van der Waals surface area (Å²) in [7, 11) is 1.37. The molecule has 0 saturated heterocycles. The average molecular weight is 254 g/mol. The summed E-state index contributed by atoms with van der Waals surface area (Å²) in [5, 5.41) is 10.9. The quantitative estimate of drug-likeness (QED) is 0.498. The number of nitro groups is 1. The Morgan fingerprint density at radius 3 is 2.88 bits per heavy atom. The number of methoxy groups -OCH3 is 1. The summed E-state index contributed by atoms with van der Waals surface area (Å²) < 4.78 is 4.88. The minimum atomic E-state index is -0.475. The molecule has 0 atom stereocenters. The molecule has 0 aromatic carbocycles. The van der Waals surface area contributed by atoms with E-state index in [0.717, 1.165) is 17.7 Å². The lowest BCUT2D eigenvalue weighted by molar-refractivity contribution is -0.386. The lowest BCUT2D eigenvalue weighted by atomic mass is 10.1. The third-order valence-electron chi connectivity index (χ3n) is 2.28. The van der Waals surface area contributed by atoms with Crippen molar-refractivity contribution < 1.29 is 9.66 Å². The highest BCUT2D eigenvalue weighted by atomic mass is 32.1. The third kappa shape index (κ3) is 3.20. The topological polar surface area (TPSA) is 65.3 Å². The molecule has 0 bridgehead atoms. The maximum atomic E-state index is 10.9. The van der Waals surface area contributed by atoms with Crippen LogP contribution in [0.25, 0.3) is 6.08 Å². The van der Waals surface area contributed by atoms with Crippen molar-refractivity contribution in [1.82, 2.24) is 4.98 Å². The second kappa shape index (κ2) is 6.24. The van der Waals surface area contributed by atoms with Crippen LogP contribution in [0.4, 0.5) is 5.69 Å². The normalized spacial score (nSPS) is 10.8. The number of hydrogen-bond acceptors (Lipinski definition) is 5. The van der Waals surface area contributed by atoms with Crippen LogP contribution in [0.2, 0.25) is 0 Å². The summed E-state index contributed by atoms with van der Waals surface area (Å²) in [6, 6.07) is 0. The van der Waals surface area contributed by atoms with Gasteiger partial charge < -0.3 is 4.74 Å². The van der Waals surface area contributed by atoms with Crippen molar-refractivity contribution in [2.45, 2.75) is 13.3 Å². The summed E-state index contributed by atoms with van der Waals surface area (Å²) in [6.07, 6.45) is 6.09. The number of pyridine rings is 1. The zero-order valence-corrected chi connectivity index (χ0v) is 10.6. The molecule has 0 unspecified atom stereocenters. The van der Waals surface area contributed by atoms with Gasteiger partial charge in [0, 0.05) is 17.3 Å². The van der Waals surface area contributed by atoms with E-state index in [4.69, 9.17) is 4.74 Å². The van der Waals surface area contributed by atoms with Crippen molar-refractivity contribution in [2.75, 3.05) is 12.9 Å².